The third-order valence-electron chi connectivity index (χ3n) is 4.62. The lowest BCUT2D eigenvalue weighted by atomic mass is 10.1. The summed E-state index contributed by atoms with van der Waals surface area (Å²) in [7, 11) is 0. The highest BCUT2D eigenvalue weighted by molar-refractivity contribution is 8.18. The second kappa shape index (κ2) is 9.37. The van der Waals surface area contributed by atoms with Crippen molar-refractivity contribution in [3.05, 3.63) is 105 Å². The van der Waals surface area contributed by atoms with E-state index in [9.17, 15) is 14.0 Å². The van der Waals surface area contributed by atoms with E-state index in [0.717, 1.165) is 22.9 Å². The molecule has 1 heterocycles. The van der Waals surface area contributed by atoms with Crippen molar-refractivity contribution in [2.75, 3.05) is 0 Å². The fourth-order valence-electron chi connectivity index (χ4n) is 3.07. The van der Waals surface area contributed by atoms with Gasteiger partial charge < -0.3 is 4.74 Å². The summed E-state index contributed by atoms with van der Waals surface area (Å²) in [4.78, 5) is 26.8. The number of amides is 2. The highest BCUT2D eigenvalue weighted by Crippen LogP contribution is 2.35. The number of thioether (sulfide) groups is 1. The van der Waals surface area contributed by atoms with E-state index in [1.807, 2.05) is 24.3 Å². The molecule has 0 atom stereocenters. The van der Waals surface area contributed by atoms with Gasteiger partial charge in [0.05, 0.1) is 11.4 Å². The Morgan fingerprint density at radius 2 is 1.74 bits per heavy atom. The van der Waals surface area contributed by atoms with Crippen molar-refractivity contribution in [3.63, 3.8) is 0 Å². The van der Waals surface area contributed by atoms with E-state index in [4.69, 9.17) is 16.3 Å². The molecule has 3 aromatic carbocycles. The first-order valence-corrected chi connectivity index (χ1v) is 10.6. The predicted octanol–water partition coefficient (Wildman–Crippen LogP) is 6.29. The number of nitrogens with zero attached hydrogens (tertiary/aromatic N) is 1. The van der Waals surface area contributed by atoms with Crippen molar-refractivity contribution in [1.29, 1.82) is 0 Å². The topological polar surface area (TPSA) is 46.6 Å². The lowest BCUT2D eigenvalue weighted by Gasteiger charge is -2.12. The molecular weight excluding hydrogens is 437 g/mol. The Morgan fingerprint density at radius 3 is 2.52 bits per heavy atom. The smallest absolute Gasteiger partial charge is 0.293 e. The fourth-order valence-corrected chi connectivity index (χ4v) is 4.11. The van der Waals surface area contributed by atoms with Crippen LogP contribution in [0.5, 0.6) is 5.75 Å². The maximum atomic E-state index is 13.1. The van der Waals surface area contributed by atoms with Gasteiger partial charge in [0.2, 0.25) is 0 Å². The van der Waals surface area contributed by atoms with Crippen molar-refractivity contribution < 1.29 is 18.7 Å². The summed E-state index contributed by atoms with van der Waals surface area (Å²) >= 11 is 6.89. The molecular formula is C24H17ClFNO3S. The monoisotopic (exact) mass is 453 g/mol. The molecule has 7 heteroatoms. The van der Waals surface area contributed by atoms with Gasteiger partial charge >= 0.3 is 0 Å². The molecule has 1 fully saturated rings. The van der Waals surface area contributed by atoms with Crippen molar-refractivity contribution in [3.8, 4) is 5.75 Å². The maximum absolute atomic E-state index is 13.1. The van der Waals surface area contributed by atoms with Crippen molar-refractivity contribution in [2.45, 2.75) is 13.2 Å². The Kier molecular flexibility index (Phi) is 6.39. The summed E-state index contributed by atoms with van der Waals surface area (Å²) in [6.45, 7) is 0.409. The fraction of sp³-hybridized carbons (Fsp3) is 0.0833. The average molecular weight is 454 g/mol. The van der Waals surface area contributed by atoms with E-state index in [-0.39, 0.29) is 30.1 Å². The Hall–Kier alpha value is -3.09. The number of rotatable bonds is 6. The van der Waals surface area contributed by atoms with Crippen LogP contribution < -0.4 is 4.74 Å². The van der Waals surface area contributed by atoms with E-state index in [2.05, 4.69) is 0 Å². The van der Waals surface area contributed by atoms with Gasteiger partial charge in [0.15, 0.2) is 0 Å². The molecule has 0 radical (unpaired) electrons. The van der Waals surface area contributed by atoms with Crippen LogP contribution in [0.3, 0.4) is 0 Å². The molecule has 31 heavy (non-hydrogen) atoms. The van der Waals surface area contributed by atoms with Gasteiger partial charge in [0, 0.05) is 10.6 Å². The van der Waals surface area contributed by atoms with Crippen LogP contribution in [0.25, 0.3) is 6.08 Å². The highest BCUT2D eigenvalue weighted by Gasteiger charge is 2.35. The summed E-state index contributed by atoms with van der Waals surface area (Å²) in [5.74, 6) is -0.102. The minimum atomic E-state index is -0.358. The SMILES string of the molecule is O=C1S/C(=C\c2ccccc2OCc2ccc(F)cc2)C(=O)N1Cc1cccc(Cl)c1. The maximum Gasteiger partial charge on any atom is 0.293 e. The van der Waals surface area contributed by atoms with Gasteiger partial charge in [-0.2, -0.15) is 0 Å². The van der Waals surface area contributed by atoms with Crippen LogP contribution in [-0.2, 0) is 17.9 Å². The van der Waals surface area contributed by atoms with Crippen LogP contribution in [-0.4, -0.2) is 16.0 Å². The number of benzene rings is 3. The second-order valence-electron chi connectivity index (χ2n) is 6.85. The van der Waals surface area contributed by atoms with Crippen LogP contribution in [0.4, 0.5) is 9.18 Å². The minimum Gasteiger partial charge on any atom is -0.488 e. The first kappa shape index (κ1) is 21.2. The zero-order valence-corrected chi connectivity index (χ0v) is 17.8. The number of carbonyl (C=O) groups is 2. The molecule has 4 rings (SSSR count). The van der Waals surface area contributed by atoms with Gasteiger partial charge in [-0.3, -0.25) is 14.5 Å². The van der Waals surface area contributed by atoms with Crippen LogP contribution in [0.1, 0.15) is 16.7 Å². The highest BCUT2D eigenvalue weighted by atomic mass is 35.5. The largest absolute Gasteiger partial charge is 0.488 e. The molecule has 0 aliphatic carbocycles. The van der Waals surface area contributed by atoms with E-state index < -0.39 is 0 Å². The molecule has 0 aromatic heterocycles. The number of halogens is 2. The number of imide groups is 1. The molecule has 0 spiro atoms. The molecule has 3 aromatic rings. The lowest BCUT2D eigenvalue weighted by molar-refractivity contribution is -0.123. The first-order chi connectivity index (χ1) is 15.0. The Labute approximate surface area is 188 Å². The summed E-state index contributed by atoms with van der Waals surface area (Å²) < 4.78 is 18.9. The molecule has 156 valence electrons. The van der Waals surface area contributed by atoms with Gasteiger partial charge in [0.25, 0.3) is 11.1 Å². The van der Waals surface area contributed by atoms with E-state index in [1.165, 1.54) is 17.0 Å². The third-order valence-corrected chi connectivity index (χ3v) is 5.76. The summed E-state index contributed by atoms with van der Waals surface area (Å²) in [5, 5.41) is 0.216. The molecule has 2 amide bonds. The van der Waals surface area contributed by atoms with Gasteiger partial charge in [-0.1, -0.05) is 54.1 Å². The van der Waals surface area contributed by atoms with Gasteiger partial charge in [0.1, 0.15) is 18.2 Å². The molecule has 0 N–H and O–H groups in total. The Morgan fingerprint density at radius 1 is 0.968 bits per heavy atom. The number of para-hydroxylation sites is 1. The molecule has 1 aliphatic rings. The normalized spacial score (nSPS) is 15.0. The number of hydrogen-bond acceptors (Lipinski definition) is 4. The standard InChI is InChI=1S/C24H17ClFNO3S/c25-19-6-3-4-17(12-19)14-27-23(28)22(31-24(27)29)13-18-5-1-2-7-21(18)30-15-16-8-10-20(26)11-9-16/h1-13H,14-15H2/b22-13-. The van der Waals surface area contributed by atoms with Crippen LogP contribution in [0.15, 0.2) is 77.7 Å². The van der Waals surface area contributed by atoms with E-state index in [0.29, 0.717) is 21.2 Å². The van der Waals surface area contributed by atoms with Crippen LogP contribution >= 0.6 is 23.4 Å². The molecule has 0 saturated carbocycles. The van der Waals surface area contributed by atoms with Crippen LogP contribution in [0.2, 0.25) is 5.02 Å². The van der Waals surface area contributed by atoms with Gasteiger partial charge in [-0.15, -0.1) is 0 Å². The molecule has 1 aliphatic heterocycles. The second-order valence-corrected chi connectivity index (χ2v) is 8.28. The average Bonchev–Trinajstić information content (AvgIpc) is 3.02. The predicted molar refractivity (Wildman–Crippen MR) is 120 cm³/mol. The zero-order chi connectivity index (χ0) is 21.8. The van der Waals surface area contributed by atoms with E-state index in [1.54, 1.807) is 42.5 Å². The van der Waals surface area contributed by atoms with Crippen molar-refractivity contribution in [1.82, 2.24) is 4.90 Å². The number of carbonyl (C=O) groups excluding carboxylic acids is 2. The summed E-state index contributed by atoms with van der Waals surface area (Å²) in [5.41, 5.74) is 2.27. The molecule has 4 nitrogen and oxygen atoms in total. The lowest BCUT2D eigenvalue weighted by Crippen LogP contribution is -2.27. The number of hydrogen-bond donors (Lipinski definition) is 0. The minimum absolute atomic E-state index is 0.158. The van der Waals surface area contributed by atoms with Crippen LogP contribution in [0, 0.1) is 5.82 Å². The molecule has 0 bridgehead atoms. The number of ether oxygens (including phenoxy) is 1. The summed E-state index contributed by atoms with van der Waals surface area (Å²) in [6.07, 6.45) is 1.66. The van der Waals surface area contributed by atoms with Crippen molar-refractivity contribution in [2.24, 2.45) is 0 Å². The molecule has 1 saturated heterocycles. The Balaban J connectivity index is 1.51. The Bertz CT molecular complexity index is 1160. The first-order valence-electron chi connectivity index (χ1n) is 9.46. The summed E-state index contributed by atoms with van der Waals surface area (Å²) in [6, 6.07) is 20.4. The third kappa shape index (κ3) is 5.16. The van der Waals surface area contributed by atoms with E-state index >= 15 is 0 Å². The quantitative estimate of drug-likeness (QED) is 0.411. The van der Waals surface area contributed by atoms with Crippen molar-refractivity contribution >= 4 is 40.6 Å². The zero-order valence-electron chi connectivity index (χ0n) is 16.3. The van der Waals surface area contributed by atoms with Gasteiger partial charge in [-0.25, -0.2) is 4.39 Å². The van der Waals surface area contributed by atoms with Gasteiger partial charge in [-0.05, 0) is 59.3 Å². The molecule has 0 unspecified atom stereocenters.